The quantitative estimate of drug-likeness (QED) is 0.294. The van der Waals surface area contributed by atoms with Gasteiger partial charge in [0, 0.05) is 40.0 Å². The molecule has 4 rings (SSSR count). The number of hydrogen-bond acceptors (Lipinski definition) is 7. The van der Waals surface area contributed by atoms with Crippen LogP contribution in [0.5, 0.6) is 0 Å². The number of carbonyl (C=O) groups excluding carboxylic acids is 2. The van der Waals surface area contributed by atoms with Crippen LogP contribution in [0.3, 0.4) is 0 Å². The van der Waals surface area contributed by atoms with E-state index in [1.807, 2.05) is 0 Å². The number of ketones is 2. The second-order valence-corrected chi connectivity index (χ2v) is 11.2. The van der Waals surface area contributed by atoms with Crippen molar-refractivity contribution in [3.63, 3.8) is 0 Å². The Balaban J connectivity index is 2.03. The number of carboxylic acids is 1. The summed E-state index contributed by atoms with van der Waals surface area (Å²) in [5, 5.41) is 16.8. The molecular formula is C22H19NO6S3. The summed E-state index contributed by atoms with van der Waals surface area (Å²) in [6, 6.07) is 4.32. The highest BCUT2D eigenvalue weighted by molar-refractivity contribution is 7.91. The number of thiophene rings is 2. The molecule has 0 saturated heterocycles. The molecule has 0 aliphatic carbocycles. The van der Waals surface area contributed by atoms with Gasteiger partial charge in [-0.25, -0.2) is 8.42 Å². The van der Waals surface area contributed by atoms with E-state index in [4.69, 9.17) is 0 Å². The fraction of sp³-hybridized carbons (Fsp3) is 0.227. The Morgan fingerprint density at radius 3 is 2.38 bits per heavy atom. The number of aliphatic carboxylic acids is 1. The molecule has 4 heterocycles. The zero-order chi connectivity index (χ0) is 23.3. The van der Waals surface area contributed by atoms with Crippen molar-refractivity contribution in [1.82, 2.24) is 4.57 Å². The van der Waals surface area contributed by atoms with Crippen molar-refractivity contribution in [1.29, 1.82) is 0 Å². The van der Waals surface area contributed by atoms with Crippen LogP contribution in [-0.4, -0.2) is 41.4 Å². The van der Waals surface area contributed by atoms with Crippen molar-refractivity contribution in [2.75, 3.05) is 5.75 Å². The number of carbonyl (C=O) groups is 3. The number of hydrogen-bond donors (Lipinski definition) is 1. The largest absolute Gasteiger partial charge is 0.480 e. The van der Waals surface area contributed by atoms with Crippen molar-refractivity contribution < 1.29 is 27.9 Å². The molecule has 0 fully saturated rings. The van der Waals surface area contributed by atoms with Crippen LogP contribution in [0.25, 0.3) is 0 Å². The van der Waals surface area contributed by atoms with Crippen LogP contribution >= 0.6 is 22.7 Å². The summed E-state index contributed by atoms with van der Waals surface area (Å²) < 4.78 is 27.5. The first kappa shape index (κ1) is 22.4. The Morgan fingerprint density at radius 1 is 1.22 bits per heavy atom. The lowest BCUT2D eigenvalue weighted by Crippen LogP contribution is -2.46. The summed E-state index contributed by atoms with van der Waals surface area (Å²) in [5.41, 5.74) is -1.58. The number of carboxylic acid groups (broad SMARTS) is 1. The summed E-state index contributed by atoms with van der Waals surface area (Å²) in [6.07, 6.45) is 1.21. The number of Topliss-reactive ketones (excluding diaryl/α,β-unsaturated/α-hetero) is 1. The van der Waals surface area contributed by atoms with Gasteiger partial charge in [0.15, 0.2) is 21.0 Å². The van der Waals surface area contributed by atoms with Crippen LogP contribution in [0.15, 0.2) is 57.3 Å². The average molecular weight is 490 g/mol. The summed E-state index contributed by atoms with van der Waals surface area (Å²) in [6.45, 7) is 5.12. The number of nitrogens with zero attached hydrogens (tertiary/aromatic N) is 1. The molecule has 0 amide bonds. The number of sulfone groups is 1. The van der Waals surface area contributed by atoms with Crippen molar-refractivity contribution in [2.24, 2.45) is 5.92 Å². The van der Waals surface area contributed by atoms with Crippen molar-refractivity contribution in [3.05, 3.63) is 74.9 Å². The Kier molecular flexibility index (Phi) is 5.56. The zero-order valence-corrected chi connectivity index (χ0v) is 19.4. The van der Waals surface area contributed by atoms with Crippen LogP contribution in [-0.2, 0) is 26.6 Å². The van der Waals surface area contributed by atoms with Gasteiger partial charge in [0.2, 0.25) is 5.78 Å². The fourth-order valence-corrected chi connectivity index (χ4v) is 6.88. The lowest BCUT2D eigenvalue weighted by atomic mass is 9.71. The molecule has 1 aliphatic rings. The maximum absolute atomic E-state index is 13.5. The summed E-state index contributed by atoms with van der Waals surface area (Å²) in [4.78, 5) is 39.2. The molecule has 166 valence electrons. The van der Waals surface area contributed by atoms with Crippen molar-refractivity contribution >= 4 is 50.0 Å². The van der Waals surface area contributed by atoms with Gasteiger partial charge < -0.3 is 9.67 Å². The molecule has 0 spiro atoms. The van der Waals surface area contributed by atoms with E-state index in [9.17, 15) is 27.9 Å². The van der Waals surface area contributed by atoms with Crippen LogP contribution in [0.1, 0.15) is 39.0 Å². The van der Waals surface area contributed by atoms with Gasteiger partial charge in [-0.3, -0.25) is 14.4 Å². The third kappa shape index (κ3) is 3.13. The molecule has 7 nitrogen and oxygen atoms in total. The van der Waals surface area contributed by atoms with E-state index >= 15 is 0 Å². The molecule has 10 heteroatoms. The molecule has 0 aromatic carbocycles. The first-order valence-electron chi connectivity index (χ1n) is 9.61. The minimum absolute atomic E-state index is 0.00918. The van der Waals surface area contributed by atoms with Crippen LogP contribution in [0, 0.1) is 5.92 Å². The van der Waals surface area contributed by atoms with E-state index in [-0.39, 0.29) is 28.4 Å². The Bertz CT molecular complexity index is 1330. The Hall–Kier alpha value is -2.82. The second kappa shape index (κ2) is 7.95. The minimum Gasteiger partial charge on any atom is -0.480 e. The number of aromatic nitrogens is 1. The van der Waals surface area contributed by atoms with Crippen LogP contribution < -0.4 is 0 Å². The normalized spacial score (nSPS) is 20.1. The average Bonchev–Trinajstić information content (AvgIpc) is 3.50. The molecule has 3 aromatic rings. The van der Waals surface area contributed by atoms with E-state index in [2.05, 4.69) is 6.58 Å². The molecule has 32 heavy (non-hydrogen) atoms. The molecule has 0 saturated carbocycles. The predicted molar refractivity (Wildman–Crippen MR) is 122 cm³/mol. The first-order valence-corrected chi connectivity index (χ1v) is 13.1. The van der Waals surface area contributed by atoms with Gasteiger partial charge in [0.1, 0.15) is 5.69 Å². The van der Waals surface area contributed by atoms with Gasteiger partial charge in [-0.05, 0) is 29.0 Å². The Labute approximate surface area is 192 Å². The standard InChI is InChI=1S/C22H19NO6S3/c1-3-8-32(28,29)16-9-17-22(21(26)27,20(25)15-5-7-31-12-15)13(2)10-23(17)18(16)19(24)14-4-6-30-11-14/h3-7,9,11-13H,1,8,10H2,2H3,(H,26,27). The first-order chi connectivity index (χ1) is 15.2. The molecule has 1 N–H and O–H groups in total. The van der Waals surface area contributed by atoms with Gasteiger partial charge in [-0.1, -0.05) is 13.0 Å². The van der Waals surface area contributed by atoms with Gasteiger partial charge in [0.05, 0.1) is 10.6 Å². The van der Waals surface area contributed by atoms with Gasteiger partial charge in [0.25, 0.3) is 0 Å². The smallest absolute Gasteiger partial charge is 0.324 e. The highest BCUT2D eigenvalue weighted by Gasteiger charge is 2.59. The molecule has 2 atom stereocenters. The molecule has 0 radical (unpaired) electrons. The zero-order valence-electron chi connectivity index (χ0n) is 17.0. The summed E-state index contributed by atoms with van der Waals surface area (Å²) >= 11 is 2.55. The summed E-state index contributed by atoms with van der Waals surface area (Å²) in [7, 11) is -3.99. The fourth-order valence-electron chi connectivity index (χ4n) is 4.33. The van der Waals surface area contributed by atoms with E-state index in [1.54, 1.807) is 40.6 Å². The minimum atomic E-state index is -3.99. The van der Waals surface area contributed by atoms with Gasteiger partial charge in [-0.2, -0.15) is 22.7 Å². The van der Waals surface area contributed by atoms with Crippen molar-refractivity contribution in [2.45, 2.75) is 23.8 Å². The predicted octanol–water partition coefficient (Wildman–Crippen LogP) is 3.66. The molecule has 2 unspecified atom stereocenters. The third-order valence-electron chi connectivity index (χ3n) is 5.81. The lowest BCUT2D eigenvalue weighted by molar-refractivity contribution is -0.143. The molecule has 3 aromatic heterocycles. The SMILES string of the molecule is C=CCS(=O)(=O)c1cc2n(c1C(=O)c1ccsc1)CC(C)C2(C(=O)O)C(=O)c1ccsc1. The van der Waals surface area contributed by atoms with E-state index < -0.39 is 44.5 Å². The van der Waals surface area contributed by atoms with Crippen LogP contribution in [0.2, 0.25) is 0 Å². The van der Waals surface area contributed by atoms with Gasteiger partial charge >= 0.3 is 5.97 Å². The highest BCUT2D eigenvalue weighted by atomic mass is 32.2. The van der Waals surface area contributed by atoms with Gasteiger partial charge in [-0.15, -0.1) is 6.58 Å². The van der Waals surface area contributed by atoms with E-state index in [0.717, 1.165) is 0 Å². The molecular weight excluding hydrogens is 470 g/mol. The van der Waals surface area contributed by atoms with Crippen LogP contribution in [0.4, 0.5) is 0 Å². The highest BCUT2D eigenvalue weighted by Crippen LogP contribution is 2.46. The third-order valence-corrected chi connectivity index (χ3v) is 8.83. The monoisotopic (exact) mass is 489 g/mol. The molecule has 0 bridgehead atoms. The topological polar surface area (TPSA) is 111 Å². The van der Waals surface area contributed by atoms with E-state index in [0.29, 0.717) is 5.56 Å². The van der Waals surface area contributed by atoms with Crippen molar-refractivity contribution in [3.8, 4) is 0 Å². The number of fused-ring (bicyclic) bond motifs is 1. The lowest BCUT2D eigenvalue weighted by Gasteiger charge is -2.26. The number of rotatable bonds is 8. The Morgan fingerprint density at radius 2 is 1.84 bits per heavy atom. The maximum atomic E-state index is 13.5. The maximum Gasteiger partial charge on any atom is 0.324 e. The second-order valence-electron chi connectivity index (χ2n) is 7.62. The van der Waals surface area contributed by atoms with E-state index in [1.165, 1.54) is 39.4 Å². The molecule has 1 aliphatic heterocycles. The summed E-state index contributed by atoms with van der Waals surface area (Å²) in [5.74, 6) is -3.66.